The van der Waals surface area contributed by atoms with E-state index in [2.05, 4.69) is 4.74 Å². The molecule has 0 radical (unpaired) electrons. The SMILES string of the molecule is C.C.C.C.C.C.CCC(C)(C)C(=O)OC12CC3CC(C1)CC(C(=O)OCC(F)(F)F)(C3)C2.CCC(C)(C)C(=O)OC12CC3CC(C1)CC(C(=O)OCCC(F)(F)CC(F)(F)C(F)(F)F)(C3)C2.CCC(C)(C)C(=O)OC12CC3CC(CC(OCC(F)F)(C3)C1)C2. The minimum absolute atomic E-state index is 0. The molecule has 0 aromatic rings. The fourth-order valence-corrected chi connectivity index (χ4v) is 16.4. The van der Waals surface area contributed by atoms with E-state index in [0.29, 0.717) is 82.5 Å². The van der Waals surface area contributed by atoms with E-state index in [-0.39, 0.29) is 99.0 Å². The Kier molecular flexibility index (Phi) is 27.2. The van der Waals surface area contributed by atoms with E-state index < -0.39 is 125 Å². The van der Waals surface area contributed by atoms with Crippen LogP contribution in [0.25, 0.3) is 0 Å². The summed E-state index contributed by atoms with van der Waals surface area (Å²) in [4.78, 5) is 63.5. The zero-order valence-corrected chi connectivity index (χ0v) is 49.5. The normalized spacial score (nSPS) is 32.7. The van der Waals surface area contributed by atoms with Crippen molar-refractivity contribution < 1.29 is 105 Å². The zero-order chi connectivity index (χ0) is 62.1. The van der Waals surface area contributed by atoms with Gasteiger partial charge in [-0.1, -0.05) is 65.3 Å². The quantitative estimate of drug-likeness (QED) is 0.0653. The summed E-state index contributed by atoms with van der Waals surface area (Å²) in [5.74, 6) is -10.8. The van der Waals surface area contributed by atoms with Gasteiger partial charge in [0.05, 0.1) is 45.7 Å². The van der Waals surface area contributed by atoms with E-state index in [4.69, 9.17) is 23.7 Å². The van der Waals surface area contributed by atoms with Crippen LogP contribution >= 0.6 is 0 Å². The molecule has 6 atom stereocenters. The Morgan fingerprint density at radius 2 is 0.753 bits per heavy atom. The second-order valence-corrected chi connectivity index (χ2v) is 29.1. The third-order valence-corrected chi connectivity index (χ3v) is 20.6. The van der Waals surface area contributed by atoms with Crippen LogP contribution in [0.3, 0.4) is 0 Å². The third-order valence-electron chi connectivity index (χ3n) is 20.6. The fraction of sp³-hybridized carbons (Fsp3) is 0.924. The highest BCUT2D eigenvalue weighted by Gasteiger charge is 2.67. The molecule has 524 valence electrons. The van der Waals surface area contributed by atoms with Gasteiger partial charge in [-0.05, 0) is 193 Å². The second kappa shape index (κ2) is 29.0. The highest BCUT2D eigenvalue weighted by atomic mass is 19.4. The van der Waals surface area contributed by atoms with Crippen LogP contribution in [0.1, 0.15) is 255 Å². The van der Waals surface area contributed by atoms with Gasteiger partial charge in [0.2, 0.25) is 0 Å². The maximum Gasteiger partial charge on any atom is 0.453 e. The van der Waals surface area contributed by atoms with Gasteiger partial charge in [0, 0.05) is 25.7 Å². The molecule has 12 aliphatic carbocycles. The molecule has 0 spiro atoms. The maximum absolute atomic E-state index is 13.8. The fourth-order valence-electron chi connectivity index (χ4n) is 16.4. The lowest BCUT2D eigenvalue weighted by Gasteiger charge is -2.61. The Bertz CT molecular complexity index is 2340. The van der Waals surface area contributed by atoms with Crippen molar-refractivity contribution in [1.82, 2.24) is 0 Å². The summed E-state index contributed by atoms with van der Waals surface area (Å²) in [5.41, 5.74) is -6.37. The van der Waals surface area contributed by atoms with Gasteiger partial charge in [-0.3, -0.25) is 24.0 Å². The summed E-state index contributed by atoms with van der Waals surface area (Å²) in [5, 5.41) is 0. The van der Waals surface area contributed by atoms with Crippen LogP contribution in [0, 0.1) is 62.6 Å². The van der Waals surface area contributed by atoms with Crippen LogP contribution in [0.5, 0.6) is 0 Å². The van der Waals surface area contributed by atoms with Crippen LogP contribution in [-0.2, 0) is 52.4 Å². The average Bonchev–Trinajstić information content (AvgIpc) is 0.737. The van der Waals surface area contributed by atoms with Crippen LogP contribution in [-0.4, -0.2) is 103 Å². The molecule has 0 heterocycles. The summed E-state index contributed by atoms with van der Waals surface area (Å²) in [7, 11) is 0. The number of esters is 5. The van der Waals surface area contributed by atoms with E-state index in [1.165, 1.54) is 0 Å². The molecule has 23 heteroatoms. The summed E-state index contributed by atoms with van der Waals surface area (Å²) in [6.45, 7) is 13.7. The first-order chi connectivity index (χ1) is 37.9. The largest absolute Gasteiger partial charge is 0.465 e. The van der Waals surface area contributed by atoms with E-state index >= 15 is 0 Å². The standard InChI is InChI=1S/C23H31F7O4.C19H27F3O4.C18H28F2O3.6CH4/c1-4-18(2,3)16(31)34-20-10-14-7-15(11-20)9-19(8-14,12-20)17(32)33-6-5-21(24,25)13-22(26,27)23(28,29)30;1-4-16(2,3)14(23)26-18-8-12-5-13(9-18)7-17(6-12,10-18)15(24)25-11-19(20,21)22;1-4-16(2,3)15(21)23-18-8-12-5-13(9-18)7-17(6-12,11-18)22-10-14(19)20;;;;;;/h14-15H,4-13H2,1-3H3;12-13H,4-11H2,1-3H3;12-14H,4-11H2,1-3H3;6*1H4. The molecular weight excluding hydrogens is 1200 g/mol. The Hall–Kier alpha value is -3.53. The predicted octanol–water partition coefficient (Wildman–Crippen LogP) is 19.0. The summed E-state index contributed by atoms with van der Waals surface area (Å²) < 4.78 is 186. The molecule has 0 aliphatic heterocycles. The van der Waals surface area contributed by atoms with Crippen molar-refractivity contribution in [3.05, 3.63) is 0 Å². The van der Waals surface area contributed by atoms with Crippen LogP contribution in [0.2, 0.25) is 0 Å². The first-order valence-electron chi connectivity index (χ1n) is 29.8. The Labute approximate surface area is 523 Å². The van der Waals surface area contributed by atoms with Crippen molar-refractivity contribution in [3.8, 4) is 0 Å². The molecule has 0 aromatic heterocycles. The van der Waals surface area contributed by atoms with Crippen molar-refractivity contribution in [2.45, 2.75) is 308 Å². The molecule has 12 fully saturated rings. The van der Waals surface area contributed by atoms with Gasteiger partial charge in [0.1, 0.15) is 23.4 Å². The molecule has 6 unspecified atom stereocenters. The van der Waals surface area contributed by atoms with Crippen molar-refractivity contribution in [2.24, 2.45) is 62.6 Å². The maximum atomic E-state index is 13.8. The lowest BCUT2D eigenvalue weighted by molar-refractivity contribution is -0.301. The predicted molar refractivity (Wildman–Crippen MR) is 316 cm³/mol. The number of alkyl halides is 12. The lowest BCUT2D eigenvalue weighted by Crippen LogP contribution is -2.62. The molecule has 12 saturated carbocycles. The Morgan fingerprint density at radius 3 is 1.06 bits per heavy atom. The number of halogens is 12. The average molecular weight is 1310 g/mol. The molecule has 12 bridgehead atoms. The summed E-state index contributed by atoms with van der Waals surface area (Å²) in [6.07, 6.45) is -3.32. The second-order valence-electron chi connectivity index (χ2n) is 29.1. The van der Waals surface area contributed by atoms with Crippen molar-refractivity contribution in [1.29, 1.82) is 0 Å². The molecule has 0 amide bonds. The van der Waals surface area contributed by atoms with Crippen molar-refractivity contribution in [2.75, 3.05) is 19.8 Å². The summed E-state index contributed by atoms with van der Waals surface area (Å²) >= 11 is 0. The number of carbonyl (C=O) groups is 5. The number of rotatable bonds is 20. The van der Waals surface area contributed by atoms with Gasteiger partial charge < -0.3 is 28.4 Å². The van der Waals surface area contributed by atoms with Gasteiger partial charge in [0.15, 0.2) is 6.61 Å². The number of hydrogen-bond donors (Lipinski definition) is 0. The molecule has 12 rings (SSSR count). The van der Waals surface area contributed by atoms with Crippen LogP contribution in [0.4, 0.5) is 52.7 Å². The van der Waals surface area contributed by atoms with Crippen molar-refractivity contribution in [3.63, 3.8) is 0 Å². The van der Waals surface area contributed by atoms with E-state index in [0.717, 1.165) is 51.4 Å². The number of carbonyl (C=O) groups excluding carboxylic acids is 5. The van der Waals surface area contributed by atoms with Crippen molar-refractivity contribution >= 4 is 29.8 Å². The van der Waals surface area contributed by atoms with Gasteiger partial charge in [-0.15, -0.1) is 0 Å². The molecule has 89 heavy (non-hydrogen) atoms. The highest BCUT2D eigenvalue weighted by Crippen LogP contribution is 2.66. The molecule has 0 saturated heterocycles. The molecule has 0 N–H and O–H groups in total. The monoisotopic (exact) mass is 1310 g/mol. The van der Waals surface area contributed by atoms with Gasteiger partial charge in [-0.2, -0.15) is 35.1 Å². The Balaban J connectivity index is 0.000000658. The molecule has 0 aromatic carbocycles. The first-order valence-corrected chi connectivity index (χ1v) is 29.8. The van der Waals surface area contributed by atoms with Crippen LogP contribution in [0.15, 0.2) is 0 Å². The summed E-state index contributed by atoms with van der Waals surface area (Å²) in [6, 6.07) is 0. The molecular formula is C66H110F12O11. The third kappa shape index (κ3) is 18.9. The lowest BCUT2D eigenvalue weighted by atomic mass is 9.48. The zero-order valence-electron chi connectivity index (χ0n) is 49.5. The Morgan fingerprint density at radius 1 is 0.449 bits per heavy atom. The molecule has 12 aliphatic rings. The topological polar surface area (TPSA) is 141 Å². The first kappa shape index (κ1) is 83.5. The molecule has 11 nitrogen and oxygen atoms in total. The van der Waals surface area contributed by atoms with E-state index in [1.807, 2.05) is 48.5 Å². The van der Waals surface area contributed by atoms with E-state index in [9.17, 15) is 76.7 Å². The number of hydrogen-bond acceptors (Lipinski definition) is 11. The van der Waals surface area contributed by atoms with Gasteiger partial charge in [-0.25, -0.2) is 17.6 Å². The van der Waals surface area contributed by atoms with Crippen LogP contribution < -0.4 is 0 Å². The minimum Gasteiger partial charge on any atom is -0.465 e. The van der Waals surface area contributed by atoms with E-state index in [1.54, 1.807) is 13.8 Å². The number of ether oxygens (including phenoxy) is 6. The highest BCUT2D eigenvalue weighted by molar-refractivity contribution is 5.80. The van der Waals surface area contributed by atoms with Gasteiger partial charge >= 0.3 is 48.1 Å². The minimum atomic E-state index is -6.09. The smallest absolute Gasteiger partial charge is 0.453 e. The van der Waals surface area contributed by atoms with Gasteiger partial charge in [0.25, 0.3) is 12.3 Å².